The molecule has 0 spiro atoms. The summed E-state index contributed by atoms with van der Waals surface area (Å²) >= 11 is 1.18. The van der Waals surface area contributed by atoms with Crippen LogP contribution in [0.15, 0.2) is 65.7 Å². The summed E-state index contributed by atoms with van der Waals surface area (Å²) in [4.78, 5) is 42.9. The maximum absolute atomic E-state index is 13.2. The van der Waals surface area contributed by atoms with Gasteiger partial charge in [-0.05, 0) is 66.6 Å². The zero-order chi connectivity index (χ0) is 25.2. The quantitative estimate of drug-likeness (QED) is 0.289. The Labute approximate surface area is 213 Å². The van der Waals surface area contributed by atoms with Crippen molar-refractivity contribution >= 4 is 35.2 Å². The first-order chi connectivity index (χ1) is 17.4. The van der Waals surface area contributed by atoms with Gasteiger partial charge in [0.25, 0.3) is 0 Å². The highest BCUT2D eigenvalue weighted by atomic mass is 32.2. The molecule has 1 aliphatic heterocycles. The fraction of sp³-hybridized carbons (Fsp3) is 0.250. The van der Waals surface area contributed by atoms with Crippen molar-refractivity contribution in [2.75, 3.05) is 4.90 Å². The molecular formula is C28H23N3O4S. The van der Waals surface area contributed by atoms with Crippen LogP contribution in [0.1, 0.15) is 48.1 Å². The van der Waals surface area contributed by atoms with Crippen molar-refractivity contribution in [1.82, 2.24) is 4.98 Å². The third-order valence-corrected chi connectivity index (χ3v) is 7.65. The van der Waals surface area contributed by atoms with Gasteiger partial charge in [0, 0.05) is 19.0 Å². The van der Waals surface area contributed by atoms with Gasteiger partial charge in [-0.15, -0.1) is 0 Å². The minimum atomic E-state index is -0.663. The number of pyridine rings is 1. The predicted molar refractivity (Wildman–Crippen MR) is 135 cm³/mol. The van der Waals surface area contributed by atoms with Gasteiger partial charge in [-0.25, -0.2) is 9.88 Å². The van der Waals surface area contributed by atoms with E-state index < -0.39 is 11.2 Å². The molecule has 2 unspecified atom stereocenters. The molecule has 8 heteroatoms. The lowest BCUT2D eigenvalue weighted by molar-refractivity contribution is -0.132. The molecule has 0 N–H and O–H groups in total. The fourth-order valence-corrected chi connectivity index (χ4v) is 5.85. The Morgan fingerprint density at radius 1 is 1.11 bits per heavy atom. The van der Waals surface area contributed by atoms with Crippen LogP contribution < -0.4 is 9.64 Å². The van der Waals surface area contributed by atoms with E-state index in [1.807, 2.05) is 24.3 Å². The van der Waals surface area contributed by atoms with Gasteiger partial charge in [-0.1, -0.05) is 42.1 Å². The van der Waals surface area contributed by atoms with Crippen LogP contribution in [0, 0.1) is 11.3 Å². The number of anilines is 1. The summed E-state index contributed by atoms with van der Waals surface area (Å²) in [6.45, 7) is 1.30. The van der Waals surface area contributed by atoms with Crippen LogP contribution in [0.25, 0.3) is 0 Å². The monoisotopic (exact) mass is 497 g/mol. The molecule has 2 aromatic carbocycles. The van der Waals surface area contributed by atoms with Gasteiger partial charge in [0.1, 0.15) is 16.8 Å². The molecule has 180 valence electrons. The number of benzene rings is 2. The molecule has 36 heavy (non-hydrogen) atoms. The molecular weight excluding hydrogens is 474 g/mol. The second-order valence-corrected chi connectivity index (χ2v) is 10.1. The summed E-state index contributed by atoms with van der Waals surface area (Å²) in [5, 5.41) is 9.64. The topological polar surface area (TPSA) is 100 Å². The van der Waals surface area contributed by atoms with Crippen molar-refractivity contribution < 1.29 is 19.1 Å². The predicted octanol–water partition coefficient (Wildman–Crippen LogP) is 4.58. The Morgan fingerprint density at radius 3 is 2.56 bits per heavy atom. The van der Waals surface area contributed by atoms with Crippen LogP contribution in [0.3, 0.4) is 0 Å². The van der Waals surface area contributed by atoms with Crippen molar-refractivity contribution in [1.29, 1.82) is 5.26 Å². The Hall–Kier alpha value is -3.96. The number of amides is 2. The number of hydrogen-bond acceptors (Lipinski definition) is 7. The zero-order valence-corrected chi connectivity index (χ0v) is 20.5. The van der Waals surface area contributed by atoms with E-state index in [1.165, 1.54) is 24.2 Å². The number of carbonyl (C=O) groups is 3. The van der Waals surface area contributed by atoms with E-state index in [9.17, 15) is 19.6 Å². The fourth-order valence-electron chi connectivity index (χ4n) is 4.76. The number of nitriles is 1. The summed E-state index contributed by atoms with van der Waals surface area (Å²) in [5.74, 6) is -0.394. The summed E-state index contributed by atoms with van der Waals surface area (Å²) in [5.41, 5.74) is 4.15. The number of nitrogens with zero attached hydrogens (tertiary/aromatic N) is 3. The summed E-state index contributed by atoms with van der Waals surface area (Å²) in [7, 11) is 0. The molecule has 2 heterocycles. The van der Waals surface area contributed by atoms with Crippen molar-refractivity contribution in [2.24, 2.45) is 0 Å². The van der Waals surface area contributed by atoms with Gasteiger partial charge >= 0.3 is 5.97 Å². The van der Waals surface area contributed by atoms with E-state index in [1.54, 1.807) is 24.3 Å². The van der Waals surface area contributed by atoms with Crippen LogP contribution in [-0.2, 0) is 27.2 Å². The number of imide groups is 1. The molecule has 5 rings (SSSR count). The van der Waals surface area contributed by atoms with Crippen LogP contribution >= 0.6 is 11.8 Å². The number of aryl methyl sites for hydroxylation is 1. The van der Waals surface area contributed by atoms with Gasteiger partial charge < -0.3 is 4.74 Å². The molecule has 0 radical (unpaired) electrons. The molecule has 1 saturated heterocycles. The van der Waals surface area contributed by atoms with Crippen molar-refractivity contribution in [3.05, 3.63) is 83.0 Å². The van der Waals surface area contributed by atoms with E-state index in [0.29, 0.717) is 27.9 Å². The highest BCUT2D eigenvalue weighted by molar-refractivity contribution is 8.00. The van der Waals surface area contributed by atoms with Crippen LogP contribution in [0.5, 0.6) is 5.75 Å². The minimum Gasteiger partial charge on any atom is -0.427 e. The first-order valence-corrected chi connectivity index (χ1v) is 12.6. The molecule has 3 aromatic rings. The molecule has 1 fully saturated rings. The average Bonchev–Trinajstić information content (AvgIpc) is 3.16. The number of esters is 1. The maximum atomic E-state index is 13.2. The SMILES string of the molecule is CC(=O)Oc1ccc(N2C(=O)CC(Sc3nc4c(cc3C#N)CC(c3ccccc3)CC4)C2=O)cc1. The van der Waals surface area contributed by atoms with E-state index in [-0.39, 0.29) is 18.2 Å². The van der Waals surface area contributed by atoms with Crippen LogP contribution in [0.4, 0.5) is 5.69 Å². The number of ether oxygens (including phenoxy) is 1. The third-order valence-electron chi connectivity index (χ3n) is 6.46. The number of fused-ring (bicyclic) bond motifs is 1. The lowest BCUT2D eigenvalue weighted by Crippen LogP contribution is -2.31. The smallest absolute Gasteiger partial charge is 0.308 e. The summed E-state index contributed by atoms with van der Waals surface area (Å²) < 4.78 is 5.02. The van der Waals surface area contributed by atoms with Crippen molar-refractivity contribution in [3.63, 3.8) is 0 Å². The summed E-state index contributed by atoms with van der Waals surface area (Å²) in [6, 6.07) is 20.7. The standard InChI is InChI=1S/C28H23N3O4S/c1-17(32)35-23-10-8-22(9-11-23)31-26(33)15-25(28(31)34)36-27-21(16-29)14-20-13-19(7-12-24(20)30-27)18-5-3-2-4-6-18/h2-6,8-11,14,19,25H,7,12-13,15H2,1H3. The maximum Gasteiger partial charge on any atom is 0.308 e. The van der Waals surface area contributed by atoms with E-state index in [4.69, 9.17) is 9.72 Å². The van der Waals surface area contributed by atoms with Crippen molar-refractivity contribution in [2.45, 2.75) is 48.8 Å². The average molecular weight is 498 g/mol. The number of thioether (sulfide) groups is 1. The van der Waals surface area contributed by atoms with Gasteiger partial charge in [0.05, 0.1) is 16.5 Å². The molecule has 2 atom stereocenters. The molecule has 0 saturated carbocycles. The van der Waals surface area contributed by atoms with Crippen molar-refractivity contribution in [3.8, 4) is 11.8 Å². The summed E-state index contributed by atoms with van der Waals surface area (Å²) in [6.07, 6.45) is 2.61. The first-order valence-electron chi connectivity index (χ1n) is 11.7. The number of rotatable bonds is 5. The Bertz CT molecular complexity index is 1380. The number of aromatic nitrogens is 1. The van der Waals surface area contributed by atoms with Gasteiger partial charge in [-0.3, -0.25) is 14.4 Å². The molecule has 0 bridgehead atoms. The second-order valence-electron chi connectivity index (χ2n) is 8.87. The van der Waals surface area contributed by atoms with Gasteiger partial charge in [0.2, 0.25) is 11.8 Å². The molecule has 1 aromatic heterocycles. The molecule has 2 amide bonds. The van der Waals surface area contributed by atoms with E-state index >= 15 is 0 Å². The number of hydrogen-bond donors (Lipinski definition) is 0. The van der Waals surface area contributed by atoms with Gasteiger partial charge in [0.15, 0.2) is 0 Å². The van der Waals surface area contributed by atoms with Crippen LogP contribution in [0.2, 0.25) is 0 Å². The molecule has 1 aliphatic carbocycles. The lowest BCUT2D eigenvalue weighted by atomic mass is 9.82. The molecule has 7 nitrogen and oxygen atoms in total. The Balaban J connectivity index is 1.34. The van der Waals surface area contributed by atoms with E-state index in [0.717, 1.165) is 35.4 Å². The van der Waals surface area contributed by atoms with Gasteiger partial charge in [-0.2, -0.15) is 5.26 Å². The first kappa shape index (κ1) is 23.8. The second kappa shape index (κ2) is 9.96. The Kier molecular flexibility index (Phi) is 6.57. The highest BCUT2D eigenvalue weighted by Gasteiger charge is 2.41. The Morgan fingerprint density at radius 2 is 1.86 bits per heavy atom. The molecule has 2 aliphatic rings. The largest absolute Gasteiger partial charge is 0.427 e. The lowest BCUT2D eigenvalue weighted by Gasteiger charge is -2.25. The highest BCUT2D eigenvalue weighted by Crippen LogP contribution is 2.38. The minimum absolute atomic E-state index is 0.0227. The van der Waals surface area contributed by atoms with E-state index in [2.05, 4.69) is 18.2 Å². The normalized spacial score (nSPS) is 19.1. The van der Waals surface area contributed by atoms with Crippen LogP contribution in [-0.4, -0.2) is 28.0 Å². The zero-order valence-electron chi connectivity index (χ0n) is 19.6. The third kappa shape index (κ3) is 4.75. The number of carbonyl (C=O) groups excluding carboxylic acids is 3.